The molecule has 0 bridgehead atoms. The number of halogens is 3. The first kappa shape index (κ1) is 16.0. The SMILES string of the molecule is CC(CBr)(OCc1cccc(Cl)c1)c1ccccc1Br. The van der Waals surface area contributed by atoms with Crippen molar-refractivity contribution in [1.29, 1.82) is 0 Å². The molecule has 1 nitrogen and oxygen atoms in total. The lowest BCUT2D eigenvalue weighted by Crippen LogP contribution is -2.28. The first-order valence-corrected chi connectivity index (χ1v) is 8.54. The molecule has 20 heavy (non-hydrogen) atoms. The van der Waals surface area contributed by atoms with Gasteiger partial charge in [-0.2, -0.15) is 0 Å². The zero-order valence-corrected chi connectivity index (χ0v) is 15.0. The third-order valence-electron chi connectivity index (χ3n) is 3.15. The van der Waals surface area contributed by atoms with E-state index < -0.39 is 5.60 Å². The summed E-state index contributed by atoms with van der Waals surface area (Å²) in [4.78, 5) is 0. The molecular weight excluding hydrogens is 403 g/mol. The number of benzene rings is 2. The van der Waals surface area contributed by atoms with Gasteiger partial charge in [-0.1, -0.05) is 73.8 Å². The Bertz CT molecular complexity index is 588. The molecule has 4 heteroatoms. The van der Waals surface area contributed by atoms with Crippen molar-refractivity contribution in [2.45, 2.75) is 19.1 Å². The van der Waals surface area contributed by atoms with E-state index in [0.29, 0.717) is 11.9 Å². The molecule has 2 rings (SSSR count). The van der Waals surface area contributed by atoms with Crippen molar-refractivity contribution >= 4 is 43.5 Å². The molecule has 0 radical (unpaired) electrons. The Kier molecular flexibility index (Phi) is 5.67. The molecule has 106 valence electrons. The van der Waals surface area contributed by atoms with Crippen LogP contribution in [0.25, 0.3) is 0 Å². The predicted molar refractivity (Wildman–Crippen MR) is 91.5 cm³/mol. The maximum atomic E-state index is 6.15. The molecule has 2 aromatic rings. The van der Waals surface area contributed by atoms with Gasteiger partial charge in [0.2, 0.25) is 0 Å². The lowest BCUT2D eigenvalue weighted by atomic mass is 9.98. The van der Waals surface area contributed by atoms with Gasteiger partial charge in [0.1, 0.15) is 5.60 Å². The third-order valence-corrected chi connectivity index (χ3v) is 5.14. The van der Waals surface area contributed by atoms with Crippen molar-refractivity contribution in [3.63, 3.8) is 0 Å². The second kappa shape index (κ2) is 7.08. The smallest absolute Gasteiger partial charge is 0.101 e. The minimum Gasteiger partial charge on any atom is -0.365 e. The summed E-state index contributed by atoms with van der Waals surface area (Å²) in [6.07, 6.45) is 0. The highest BCUT2D eigenvalue weighted by atomic mass is 79.9. The zero-order chi connectivity index (χ0) is 14.6. The predicted octanol–water partition coefficient (Wildman–Crippen LogP) is 5.93. The van der Waals surface area contributed by atoms with Crippen LogP contribution in [0.4, 0.5) is 0 Å². The van der Waals surface area contributed by atoms with Crippen LogP contribution in [0.2, 0.25) is 5.02 Å². The van der Waals surface area contributed by atoms with Crippen LogP contribution in [-0.2, 0) is 16.9 Å². The van der Waals surface area contributed by atoms with E-state index in [1.165, 1.54) is 0 Å². The molecular formula is C16H15Br2ClO. The van der Waals surface area contributed by atoms with Crippen LogP contribution < -0.4 is 0 Å². The normalized spacial score (nSPS) is 14.0. The topological polar surface area (TPSA) is 9.23 Å². The molecule has 1 atom stereocenters. The van der Waals surface area contributed by atoms with Crippen molar-refractivity contribution in [2.75, 3.05) is 5.33 Å². The highest BCUT2D eigenvalue weighted by Crippen LogP contribution is 2.34. The largest absolute Gasteiger partial charge is 0.365 e. The van der Waals surface area contributed by atoms with E-state index in [9.17, 15) is 0 Å². The summed E-state index contributed by atoms with van der Waals surface area (Å²) in [5, 5.41) is 1.44. The first-order valence-electron chi connectivity index (χ1n) is 6.24. The standard InChI is InChI=1S/C16H15Br2ClO/c1-16(11-17,14-7-2-3-8-15(14)18)20-10-12-5-4-6-13(19)9-12/h2-9H,10-11H2,1H3. The Morgan fingerprint density at radius 3 is 2.55 bits per heavy atom. The molecule has 0 aliphatic carbocycles. The highest BCUT2D eigenvalue weighted by Gasteiger charge is 2.28. The van der Waals surface area contributed by atoms with Crippen LogP contribution in [-0.4, -0.2) is 5.33 Å². The van der Waals surface area contributed by atoms with E-state index >= 15 is 0 Å². The van der Waals surface area contributed by atoms with Gasteiger partial charge in [0.15, 0.2) is 0 Å². The molecule has 2 aromatic carbocycles. The van der Waals surface area contributed by atoms with E-state index in [-0.39, 0.29) is 0 Å². The molecule has 0 spiro atoms. The number of hydrogen-bond donors (Lipinski definition) is 0. The van der Waals surface area contributed by atoms with E-state index in [2.05, 4.69) is 44.8 Å². The fraction of sp³-hybridized carbons (Fsp3) is 0.250. The lowest BCUT2D eigenvalue weighted by molar-refractivity contribution is -0.0294. The summed E-state index contributed by atoms with van der Waals surface area (Å²) in [7, 11) is 0. The van der Waals surface area contributed by atoms with Crippen LogP contribution in [0.1, 0.15) is 18.1 Å². The van der Waals surface area contributed by atoms with Crippen LogP contribution in [0.3, 0.4) is 0 Å². The Morgan fingerprint density at radius 1 is 1.15 bits per heavy atom. The molecule has 0 aliphatic rings. The third kappa shape index (κ3) is 3.85. The Hall–Kier alpha value is -0.350. The van der Waals surface area contributed by atoms with E-state index in [1.54, 1.807) is 0 Å². The molecule has 0 aromatic heterocycles. The molecule has 0 heterocycles. The maximum Gasteiger partial charge on any atom is 0.101 e. The summed E-state index contributed by atoms with van der Waals surface area (Å²) < 4.78 is 7.20. The zero-order valence-electron chi connectivity index (χ0n) is 11.1. The minimum atomic E-state index is -0.400. The Morgan fingerprint density at radius 2 is 1.90 bits per heavy atom. The van der Waals surface area contributed by atoms with Gasteiger partial charge in [-0.15, -0.1) is 0 Å². The summed E-state index contributed by atoms with van der Waals surface area (Å²) in [5.41, 5.74) is 1.79. The molecule has 0 saturated heterocycles. The van der Waals surface area contributed by atoms with Crippen molar-refractivity contribution in [2.24, 2.45) is 0 Å². The van der Waals surface area contributed by atoms with Gasteiger partial charge >= 0.3 is 0 Å². The number of hydrogen-bond acceptors (Lipinski definition) is 1. The summed E-state index contributed by atoms with van der Waals surface area (Å²) in [5.74, 6) is 0. The summed E-state index contributed by atoms with van der Waals surface area (Å²) in [6, 6.07) is 15.9. The van der Waals surface area contributed by atoms with Crippen LogP contribution in [0, 0.1) is 0 Å². The van der Waals surface area contributed by atoms with Crippen LogP contribution in [0.15, 0.2) is 53.0 Å². The van der Waals surface area contributed by atoms with E-state index in [4.69, 9.17) is 16.3 Å². The van der Waals surface area contributed by atoms with Gasteiger partial charge in [0.05, 0.1) is 6.61 Å². The average Bonchev–Trinajstić information content (AvgIpc) is 2.45. The highest BCUT2D eigenvalue weighted by molar-refractivity contribution is 9.10. The molecule has 0 aliphatic heterocycles. The van der Waals surface area contributed by atoms with Crippen molar-refractivity contribution in [3.8, 4) is 0 Å². The van der Waals surface area contributed by atoms with Gasteiger partial charge in [-0.05, 0) is 36.2 Å². The Labute approximate surface area is 141 Å². The van der Waals surface area contributed by atoms with Gasteiger partial charge in [0.25, 0.3) is 0 Å². The van der Waals surface area contributed by atoms with E-state index in [1.807, 2.05) is 42.5 Å². The molecule has 1 unspecified atom stereocenters. The molecule has 0 amide bonds. The van der Waals surface area contributed by atoms with Crippen molar-refractivity contribution in [3.05, 3.63) is 69.2 Å². The minimum absolute atomic E-state index is 0.400. The van der Waals surface area contributed by atoms with Gasteiger partial charge in [-0.25, -0.2) is 0 Å². The second-order valence-corrected chi connectivity index (χ2v) is 6.61. The summed E-state index contributed by atoms with van der Waals surface area (Å²) >= 11 is 13.1. The quantitative estimate of drug-likeness (QED) is 0.547. The van der Waals surface area contributed by atoms with Gasteiger partial charge in [0, 0.05) is 14.8 Å². The van der Waals surface area contributed by atoms with E-state index in [0.717, 1.165) is 20.6 Å². The molecule has 0 fully saturated rings. The Balaban J connectivity index is 2.18. The van der Waals surface area contributed by atoms with Crippen molar-refractivity contribution < 1.29 is 4.74 Å². The second-order valence-electron chi connectivity index (χ2n) is 4.76. The summed E-state index contributed by atoms with van der Waals surface area (Å²) in [6.45, 7) is 2.59. The van der Waals surface area contributed by atoms with Gasteiger partial charge < -0.3 is 4.74 Å². The van der Waals surface area contributed by atoms with Crippen molar-refractivity contribution in [1.82, 2.24) is 0 Å². The fourth-order valence-corrected chi connectivity index (χ4v) is 3.33. The number of alkyl halides is 1. The monoisotopic (exact) mass is 416 g/mol. The molecule has 0 saturated carbocycles. The fourth-order valence-electron chi connectivity index (χ4n) is 1.95. The number of rotatable bonds is 5. The maximum absolute atomic E-state index is 6.15. The van der Waals surface area contributed by atoms with Gasteiger partial charge in [-0.3, -0.25) is 0 Å². The number of ether oxygens (including phenoxy) is 1. The lowest BCUT2D eigenvalue weighted by Gasteiger charge is -2.29. The van der Waals surface area contributed by atoms with Crippen LogP contribution >= 0.6 is 43.5 Å². The van der Waals surface area contributed by atoms with Crippen LogP contribution in [0.5, 0.6) is 0 Å². The first-order chi connectivity index (χ1) is 9.55. The molecule has 0 N–H and O–H groups in total. The average molecular weight is 419 g/mol.